The molecule has 1 aliphatic carbocycles. The first-order valence-electron chi connectivity index (χ1n) is 10.6. The predicted molar refractivity (Wildman–Crippen MR) is 128 cm³/mol. The van der Waals surface area contributed by atoms with Gasteiger partial charge >= 0.3 is 5.97 Å². The molecule has 188 valence electrons. The van der Waals surface area contributed by atoms with Crippen molar-refractivity contribution in [3.8, 4) is 34.5 Å². The van der Waals surface area contributed by atoms with Crippen LogP contribution in [0.4, 0.5) is 0 Å². The van der Waals surface area contributed by atoms with Crippen LogP contribution < -0.4 is 28.4 Å². The first-order chi connectivity index (χ1) is 16.9. The summed E-state index contributed by atoms with van der Waals surface area (Å²) in [6, 6.07) is 6.85. The van der Waals surface area contributed by atoms with Crippen LogP contribution in [0.1, 0.15) is 24.5 Å². The van der Waals surface area contributed by atoms with E-state index < -0.39 is 12.1 Å². The summed E-state index contributed by atoms with van der Waals surface area (Å²) in [5.74, 6) is 2.07. The van der Waals surface area contributed by atoms with Crippen molar-refractivity contribution in [3.63, 3.8) is 0 Å². The molecule has 1 aliphatic rings. The molecule has 2 aromatic carbocycles. The average molecular weight is 488 g/mol. The van der Waals surface area contributed by atoms with Gasteiger partial charge in [0.1, 0.15) is 11.9 Å². The molecule has 35 heavy (non-hydrogen) atoms. The molecule has 1 N–H and O–H groups in total. The maximum atomic E-state index is 12.0. The number of allylic oxidation sites excluding steroid dienone is 1. The summed E-state index contributed by atoms with van der Waals surface area (Å²) >= 11 is 0. The van der Waals surface area contributed by atoms with Gasteiger partial charge in [0.05, 0.1) is 48.4 Å². The van der Waals surface area contributed by atoms with Crippen LogP contribution in [0.3, 0.4) is 0 Å². The fraction of sp³-hybridized carbons (Fsp3) is 0.360. The van der Waals surface area contributed by atoms with E-state index in [2.05, 4.69) is 5.16 Å². The molecule has 0 aliphatic heterocycles. The third-order valence-electron chi connectivity index (χ3n) is 5.64. The number of benzene rings is 2. The topological polar surface area (TPSA) is 114 Å². The SMILES string of the molecule is COc1cc(OC)c(C2=C(c3cc(OC)c(OC)c(OC)c3)/C(=N/O)CC2OC(C)=O)cc1OC. The Morgan fingerprint density at radius 3 is 1.80 bits per heavy atom. The van der Waals surface area contributed by atoms with Gasteiger partial charge in [-0.1, -0.05) is 5.16 Å². The second-order valence-electron chi connectivity index (χ2n) is 7.46. The van der Waals surface area contributed by atoms with Crippen LogP contribution in [0.5, 0.6) is 34.5 Å². The second-order valence-corrected chi connectivity index (χ2v) is 7.46. The van der Waals surface area contributed by atoms with Crippen molar-refractivity contribution in [2.75, 3.05) is 42.7 Å². The molecular formula is C25H29NO9. The number of methoxy groups -OCH3 is 6. The van der Waals surface area contributed by atoms with Crippen LogP contribution in [0.25, 0.3) is 11.1 Å². The Labute approximate surface area is 203 Å². The minimum Gasteiger partial charge on any atom is -0.496 e. The summed E-state index contributed by atoms with van der Waals surface area (Å²) in [6.45, 7) is 1.32. The minimum atomic E-state index is -0.764. The number of hydrogen-bond acceptors (Lipinski definition) is 10. The summed E-state index contributed by atoms with van der Waals surface area (Å²) < 4.78 is 38.7. The minimum absolute atomic E-state index is 0.134. The Kier molecular flexibility index (Phi) is 7.95. The third kappa shape index (κ3) is 4.77. The zero-order valence-electron chi connectivity index (χ0n) is 20.8. The molecule has 10 heteroatoms. The van der Waals surface area contributed by atoms with Crippen molar-refractivity contribution in [2.24, 2.45) is 5.16 Å². The number of hydrogen-bond donors (Lipinski definition) is 1. The molecular weight excluding hydrogens is 458 g/mol. The number of esters is 1. The largest absolute Gasteiger partial charge is 0.496 e. The van der Waals surface area contributed by atoms with Gasteiger partial charge in [-0.3, -0.25) is 4.79 Å². The van der Waals surface area contributed by atoms with E-state index in [0.29, 0.717) is 62.5 Å². The molecule has 0 amide bonds. The van der Waals surface area contributed by atoms with Crippen molar-refractivity contribution in [1.29, 1.82) is 0 Å². The lowest BCUT2D eigenvalue weighted by Crippen LogP contribution is -2.16. The van der Waals surface area contributed by atoms with Crippen molar-refractivity contribution in [2.45, 2.75) is 19.4 Å². The molecule has 0 saturated carbocycles. The first kappa shape index (κ1) is 25.5. The lowest BCUT2D eigenvalue weighted by atomic mass is 9.94. The van der Waals surface area contributed by atoms with Gasteiger partial charge in [0, 0.05) is 36.1 Å². The Hall–Kier alpha value is -4.08. The molecule has 1 atom stereocenters. The number of nitrogens with zero attached hydrogens (tertiary/aromatic N) is 1. The lowest BCUT2D eigenvalue weighted by Gasteiger charge is -2.20. The Bertz CT molecular complexity index is 1140. The van der Waals surface area contributed by atoms with Crippen LogP contribution in [-0.2, 0) is 9.53 Å². The van der Waals surface area contributed by atoms with Crippen molar-refractivity contribution >= 4 is 22.8 Å². The fourth-order valence-corrected chi connectivity index (χ4v) is 4.18. The third-order valence-corrected chi connectivity index (χ3v) is 5.64. The second kappa shape index (κ2) is 10.9. The van der Waals surface area contributed by atoms with Crippen molar-refractivity contribution in [3.05, 3.63) is 35.4 Å². The molecule has 3 rings (SSSR count). The van der Waals surface area contributed by atoms with E-state index in [9.17, 15) is 10.0 Å². The van der Waals surface area contributed by atoms with E-state index in [-0.39, 0.29) is 6.42 Å². The molecule has 0 bridgehead atoms. The lowest BCUT2D eigenvalue weighted by molar-refractivity contribution is -0.143. The molecule has 0 fully saturated rings. The zero-order chi connectivity index (χ0) is 25.7. The molecule has 1 unspecified atom stereocenters. The van der Waals surface area contributed by atoms with Gasteiger partial charge in [0.25, 0.3) is 0 Å². The van der Waals surface area contributed by atoms with Gasteiger partial charge < -0.3 is 38.4 Å². The molecule has 10 nitrogen and oxygen atoms in total. The maximum Gasteiger partial charge on any atom is 0.303 e. The van der Waals surface area contributed by atoms with Crippen molar-refractivity contribution < 1.29 is 43.2 Å². The van der Waals surface area contributed by atoms with E-state index in [4.69, 9.17) is 33.2 Å². The predicted octanol–water partition coefficient (Wildman–Crippen LogP) is 3.81. The number of oxime groups is 1. The quantitative estimate of drug-likeness (QED) is 0.320. The van der Waals surface area contributed by atoms with E-state index in [0.717, 1.165) is 0 Å². The number of ether oxygens (including phenoxy) is 7. The fourth-order valence-electron chi connectivity index (χ4n) is 4.18. The van der Waals surface area contributed by atoms with Crippen LogP contribution >= 0.6 is 0 Å². The van der Waals surface area contributed by atoms with E-state index in [1.54, 1.807) is 24.3 Å². The van der Waals surface area contributed by atoms with E-state index in [1.807, 2.05) is 0 Å². The highest BCUT2D eigenvalue weighted by molar-refractivity contribution is 6.34. The summed E-state index contributed by atoms with van der Waals surface area (Å²) in [5.41, 5.74) is 2.54. The highest BCUT2D eigenvalue weighted by atomic mass is 16.5. The van der Waals surface area contributed by atoms with Gasteiger partial charge in [-0.05, 0) is 23.8 Å². The number of rotatable bonds is 9. The summed E-state index contributed by atoms with van der Waals surface area (Å²) in [5, 5.41) is 13.4. The Morgan fingerprint density at radius 2 is 1.34 bits per heavy atom. The van der Waals surface area contributed by atoms with Gasteiger partial charge in [-0.2, -0.15) is 0 Å². The molecule has 0 heterocycles. The van der Waals surface area contributed by atoms with Gasteiger partial charge in [0.2, 0.25) is 5.75 Å². The normalized spacial score (nSPS) is 16.2. The molecule has 0 radical (unpaired) electrons. The molecule has 2 aromatic rings. The highest BCUT2D eigenvalue weighted by Crippen LogP contribution is 2.49. The molecule has 0 saturated heterocycles. The summed E-state index contributed by atoms with van der Waals surface area (Å²) in [7, 11) is 9.07. The van der Waals surface area contributed by atoms with Gasteiger partial charge in [-0.25, -0.2) is 0 Å². The van der Waals surface area contributed by atoms with E-state index >= 15 is 0 Å². The Balaban J connectivity index is 2.43. The zero-order valence-corrected chi connectivity index (χ0v) is 20.8. The smallest absolute Gasteiger partial charge is 0.303 e. The molecule has 0 aromatic heterocycles. The summed E-state index contributed by atoms with van der Waals surface area (Å²) in [6.07, 6.45) is -0.631. The van der Waals surface area contributed by atoms with E-state index in [1.165, 1.54) is 49.6 Å². The van der Waals surface area contributed by atoms with Gasteiger partial charge in [-0.15, -0.1) is 0 Å². The van der Waals surface area contributed by atoms with Crippen LogP contribution in [-0.4, -0.2) is 65.7 Å². The Morgan fingerprint density at radius 1 is 0.800 bits per heavy atom. The number of carbonyl (C=O) groups excluding carboxylic acids is 1. The van der Waals surface area contributed by atoms with Crippen LogP contribution in [0.2, 0.25) is 0 Å². The maximum absolute atomic E-state index is 12.0. The van der Waals surface area contributed by atoms with Crippen LogP contribution in [0.15, 0.2) is 29.4 Å². The van der Waals surface area contributed by atoms with Crippen molar-refractivity contribution in [1.82, 2.24) is 0 Å². The number of carbonyl (C=O) groups is 1. The average Bonchev–Trinajstić information content (AvgIpc) is 3.23. The summed E-state index contributed by atoms with van der Waals surface area (Å²) in [4.78, 5) is 12.0. The first-order valence-corrected chi connectivity index (χ1v) is 10.6. The standard InChI is InChI=1S/C25H29NO9/c1-13(27)35-20-11-16(26-28)23(14-8-21(32-5)25(34-7)22(9-14)33-6)24(20)15-10-18(30-3)19(31-4)12-17(15)29-2/h8-10,12,20,28H,11H2,1-7H3/b26-16+. The van der Waals surface area contributed by atoms with Crippen LogP contribution in [0, 0.1) is 0 Å². The van der Waals surface area contributed by atoms with Gasteiger partial charge in [0.15, 0.2) is 23.0 Å². The monoisotopic (exact) mass is 487 g/mol. The highest BCUT2D eigenvalue weighted by Gasteiger charge is 2.38. The molecule has 0 spiro atoms.